The maximum atomic E-state index is 13.3. The Kier molecular flexibility index (Phi) is 15.9. The van der Waals surface area contributed by atoms with Gasteiger partial charge < -0.3 is 25.6 Å². The standard InChI is InChI=1S/C47H59N11O7S/c1-65-39-29-34(17-18-35(39)43-51-31-52-47(55-43)53-33-13-10-12-32(28-33)30-66(2,48)64)57-26-24-56(25-27-57)23-9-7-5-3-4-6-8-16-40(59)50-22-21-49-37-15-11-14-36-42(37)46(63)58(45(36)62)38-19-20-41(60)54-44(38)61/h10-15,17-18,28-29,31,38,48-49H,3-9,16,19-27,30H2,1-2H3,(H,50,59)(H,54,60,61)(H,51,52,53,55). The lowest BCUT2D eigenvalue weighted by atomic mass is 10.0. The summed E-state index contributed by atoms with van der Waals surface area (Å²) in [5.41, 5.74) is 4.22. The number of hydrogen-bond donors (Lipinski definition) is 5. The Morgan fingerprint density at radius 2 is 1.64 bits per heavy atom. The summed E-state index contributed by atoms with van der Waals surface area (Å²) in [7, 11) is -1.03. The van der Waals surface area contributed by atoms with Crippen LogP contribution in [0.25, 0.3) is 11.4 Å². The topological polar surface area (TPSA) is 232 Å². The van der Waals surface area contributed by atoms with Crippen molar-refractivity contribution in [3.05, 3.63) is 83.7 Å². The highest BCUT2D eigenvalue weighted by Gasteiger charge is 2.45. The van der Waals surface area contributed by atoms with E-state index in [1.54, 1.807) is 25.3 Å². The van der Waals surface area contributed by atoms with Crippen LogP contribution in [-0.2, 0) is 29.9 Å². The summed E-state index contributed by atoms with van der Waals surface area (Å²) in [4.78, 5) is 82.0. The number of nitrogens with one attached hydrogen (secondary N) is 5. The van der Waals surface area contributed by atoms with Gasteiger partial charge in [0.05, 0.1) is 29.6 Å². The molecule has 19 heteroatoms. The van der Waals surface area contributed by atoms with Crippen molar-refractivity contribution in [1.29, 1.82) is 4.78 Å². The van der Waals surface area contributed by atoms with Crippen LogP contribution in [0.15, 0.2) is 67.0 Å². The predicted octanol–water partition coefficient (Wildman–Crippen LogP) is 5.34. The van der Waals surface area contributed by atoms with E-state index in [0.29, 0.717) is 42.7 Å². The fourth-order valence-electron chi connectivity index (χ4n) is 8.62. The van der Waals surface area contributed by atoms with E-state index >= 15 is 0 Å². The average Bonchev–Trinajstić information content (AvgIpc) is 3.55. The number of piperazine rings is 1. The molecule has 2 atom stereocenters. The number of fused-ring (bicyclic) bond motifs is 1. The fourth-order valence-corrected chi connectivity index (χ4v) is 9.43. The molecule has 2 saturated heterocycles. The first-order valence-corrected chi connectivity index (χ1v) is 24.8. The van der Waals surface area contributed by atoms with Crippen molar-refractivity contribution in [2.75, 3.05) is 74.7 Å². The molecule has 0 aliphatic carbocycles. The first-order chi connectivity index (χ1) is 31.9. The smallest absolute Gasteiger partial charge is 0.264 e. The number of rotatable bonds is 22. The van der Waals surface area contributed by atoms with Crippen LogP contribution in [-0.4, -0.2) is 124 Å². The third kappa shape index (κ3) is 12.4. The van der Waals surface area contributed by atoms with E-state index in [1.807, 2.05) is 36.4 Å². The lowest BCUT2D eigenvalue weighted by Gasteiger charge is -2.36. The normalized spacial score (nSPS) is 17.3. The number of nitrogens with zero attached hydrogens (tertiary/aromatic N) is 6. The molecule has 0 spiro atoms. The quantitative estimate of drug-likeness (QED) is 0.0495. The number of unbranched alkanes of at least 4 members (excludes halogenated alkanes) is 6. The average molecular weight is 922 g/mol. The highest BCUT2D eigenvalue weighted by Crippen LogP contribution is 2.34. The van der Waals surface area contributed by atoms with Gasteiger partial charge in [0.1, 0.15) is 18.1 Å². The Morgan fingerprint density at radius 3 is 2.39 bits per heavy atom. The highest BCUT2D eigenvalue weighted by molar-refractivity contribution is 7.90. The minimum absolute atomic E-state index is 0.0262. The van der Waals surface area contributed by atoms with Gasteiger partial charge in [-0.05, 0) is 67.8 Å². The van der Waals surface area contributed by atoms with E-state index in [1.165, 1.54) is 25.4 Å². The lowest BCUT2D eigenvalue weighted by molar-refractivity contribution is -0.136. The summed E-state index contributed by atoms with van der Waals surface area (Å²) in [6.45, 7) is 5.60. The number of carbonyl (C=O) groups is 5. The monoisotopic (exact) mass is 921 g/mol. The molecule has 7 rings (SSSR count). The summed E-state index contributed by atoms with van der Waals surface area (Å²) in [5.74, 6) is -0.547. The van der Waals surface area contributed by atoms with Gasteiger partial charge in [-0.3, -0.25) is 43.9 Å². The van der Waals surface area contributed by atoms with Crippen LogP contribution in [0.5, 0.6) is 5.75 Å². The summed E-state index contributed by atoms with van der Waals surface area (Å²) in [6, 6.07) is 17.4. The van der Waals surface area contributed by atoms with Gasteiger partial charge in [0.25, 0.3) is 11.8 Å². The van der Waals surface area contributed by atoms with Gasteiger partial charge in [0, 0.05) is 91.2 Å². The van der Waals surface area contributed by atoms with E-state index < -0.39 is 39.4 Å². The van der Waals surface area contributed by atoms with Crippen molar-refractivity contribution < 1.29 is 32.9 Å². The van der Waals surface area contributed by atoms with Crippen LogP contribution >= 0.6 is 0 Å². The second-order valence-electron chi connectivity index (χ2n) is 17.0. The fraction of sp³-hybridized carbons (Fsp3) is 0.447. The molecule has 2 fully saturated rings. The molecule has 66 heavy (non-hydrogen) atoms. The number of ether oxygens (including phenoxy) is 1. The minimum Gasteiger partial charge on any atom is -0.496 e. The van der Waals surface area contributed by atoms with Crippen molar-refractivity contribution in [2.24, 2.45) is 0 Å². The molecule has 2 unspecified atom stereocenters. The van der Waals surface area contributed by atoms with Gasteiger partial charge in [-0.1, -0.05) is 50.3 Å². The summed E-state index contributed by atoms with van der Waals surface area (Å²) >= 11 is 0. The number of hydrogen-bond acceptors (Lipinski definition) is 15. The zero-order valence-corrected chi connectivity index (χ0v) is 38.4. The molecule has 3 aliphatic heterocycles. The largest absolute Gasteiger partial charge is 0.496 e. The number of imide groups is 2. The summed E-state index contributed by atoms with van der Waals surface area (Å²) in [6.07, 6.45) is 11.1. The highest BCUT2D eigenvalue weighted by atomic mass is 32.2. The molecule has 0 saturated carbocycles. The Labute approximate surface area is 385 Å². The maximum absolute atomic E-state index is 13.3. The third-order valence-electron chi connectivity index (χ3n) is 12.0. The van der Waals surface area contributed by atoms with Crippen molar-refractivity contribution in [3.63, 3.8) is 0 Å². The SMILES string of the molecule is COc1cc(N2CCN(CCCCCCCCCC(=O)NCCNc3cccc4c3C(=O)N(C3CCC(=O)NC3=O)C4=O)CC2)ccc1-c1ncnc(Nc2cccc(CS(C)(=N)=O)c2)n1. The third-order valence-corrected chi connectivity index (χ3v) is 12.9. The van der Waals surface area contributed by atoms with Crippen molar-refractivity contribution in [2.45, 2.75) is 76.0 Å². The van der Waals surface area contributed by atoms with Crippen LogP contribution in [0.4, 0.5) is 23.0 Å². The van der Waals surface area contributed by atoms with E-state index in [9.17, 15) is 28.2 Å². The Bertz CT molecular complexity index is 2530. The van der Waals surface area contributed by atoms with E-state index in [4.69, 9.17) is 9.52 Å². The van der Waals surface area contributed by atoms with E-state index in [0.717, 1.165) is 92.2 Å². The van der Waals surface area contributed by atoms with Crippen molar-refractivity contribution in [3.8, 4) is 17.1 Å². The number of piperidine rings is 1. The molecule has 5 amide bonds. The van der Waals surface area contributed by atoms with Gasteiger partial charge in [-0.25, -0.2) is 14.2 Å². The van der Waals surface area contributed by atoms with E-state index in [2.05, 4.69) is 52.1 Å². The first kappa shape index (κ1) is 47.5. The van der Waals surface area contributed by atoms with Crippen LogP contribution in [0.1, 0.15) is 90.5 Å². The molecule has 3 aliphatic rings. The molecule has 18 nitrogen and oxygen atoms in total. The van der Waals surface area contributed by atoms with Crippen molar-refractivity contribution in [1.82, 2.24) is 35.4 Å². The van der Waals surface area contributed by atoms with Gasteiger partial charge >= 0.3 is 0 Å². The molecular weight excluding hydrogens is 863 g/mol. The molecule has 0 radical (unpaired) electrons. The molecular formula is C47H59N11O7S. The lowest BCUT2D eigenvalue weighted by Crippen LogP contribution is -2.54. The van der Waals surface area contributed by atoms with Crippen LogP contribution in [0.3, 0.4) is 0 Å². The second kappa shape index (κ2) is 22.1. The maximum Gasteiger partial charge on any atom is 0.264 e. The molecule has 4 aromatic rings. The number of anilines is 4. The van der Waals surface area contributed by atoms with Crippen molar-refractivity contribution >= 4 is 62.3 Å². The molecule has 1 aromatic heterocycles. The molecule has 4 heterocycles. The van der Waals surface area contributed by atoms with E-state index in [-0.39, 0.29) is 35.6 Å². The van der Waals surface area contributed by atoms with Crippen LogP contribution < -0.4 is 30.9 Å². The number of amides is 5. The zero-order valence-electron chi connectivity index (χ0n) is 37.6. The number of benzene rings is 3. The molecule has 5 N–H and O–H groups in total. The van der Waals surface area contributed by atoms with Crippen LogP contribution in [0, 0.1) is 4.78 Å². The molecule has 3 aromatic carbocycles. The second-order valence-corrected chi connectivity index (χ2v) is 19.3. The zero-order chi connectivity index (χ0) is 46.6. The molecule has 0 bridgehead atoms. The summed E-state index contributed by atoms with van der Waals surface area (Å²) < 4.78 is 25.6. The number of methoxy groups -OCH3 is 1. The van der Waals surface area contributed by atoms with Gasteiger partial charge in [-0.2, -0.15) is 4.98 Å². The van der Waals surface area contributed by atoms with Gasteiger partial charge in [-0.15, -0.1) is 0 Å². The molecule has 350 valence electrons. The summed E-state index contributed by atoms with van der Waals surface area (Å²) in [5, 5.41) is 11.5. The van der Waals surface area contributed by atoms with Crippen LogP contribution in [0.2, 0.25) is 0 Å². The Morgan fingerprint density at radius 1 is 0.879 bits per heavy atom. The number of aromatic nitrogens is 3. The van der Waals surface area contributed by atoms with Gasteiger partial charge in [0.15, 0.2) is 5.82 Å². The minimum atomic E-state index is -2.67. The Hall–Kier alpha value is -6.47. The Balaban J connectivity index is 0.739. The number of carbonyl (C=O) groups excluding carboxylic acids is 5. The first-order valence-electron chi connectivity index (χ1n) is 22.6. The van der Waals surface area contributed by atoms with Gasteiger partial charge in [0.2, 0.25) is 23.7 Å². The predicted molar refractivity (Wildman–Crippen MR) is 252 cm³/mol.